The largest absolute Gasteiger partial charge is 0.301 e. The van der Waals surface area contributed by atoms with Gasteiger partial charge in [-0.1, -0.05) is 28.1 Å². The molecule has 0 fully saturated rings. The summed E-state index contributed by atoms with van der Waals surface area (Å²) in [6.07, 6.45) is 0. The van der Waals surface area contributed by atoms with Crippen LogP contribution in [0.15, 0.2) is 34.1 Å². The molecule has 0 saturated carbocycles. The summed E-state index contributed by atoms with van der Waals surface area (Å²) in [5.74, 6) is -1.30. The summed E-state index contributed by atoms with van der Waals surface area (Å²) in [5, 5.41) is 4.69. The number of rotatable bonds is 5. The minimum atomic E-state index is -3.52. The number of nitrogens with zero attached hydrogens (tertiary/aromatic N) is 1. The molecule has 0 bridgehead atoms. The van der Waals surface area contributed by atoms with Crippen LogP contribution < -0.4 is 5.32 Å². The maximum Gasteiger partial charge on any atom is 0.241 e. The molecule has 21 heavy (non-hydrogen) atoms. The highest BCUT2D eigenvalue weighted by Gasteiger charge is 2.18. The Morgan fingerprint density at radius 2 is 2.19 bits per heavy atom. The van der Waals surface area contributed by atoms with Gasteiger partial charge in [-0.3, -0.25) is 4.79 Å². The molecule has 0 aliphatic carbocycles. The zero-order valence-corrected chi connectivity index (χ0v) is 14.4. The normalized spacial score (nSPS) is 11.3. The number of benzene rings is 1. The van der Waals surface area contributed by atoms with E-state index in [0.717, 1.165) is 10.2 Å². The smallest absolute Gasteiger partial charge is 0.241 e. The predicted octanol–water partition coefficient (Wildman–Crippen LogP) is 2.77. The van der Waals surface area contributed by atoms with Crippen LogP contribution in [0.5, 0.6) is 0 Å². The second-order valence-corrected chi connectivity index (χ2v) is 8.34. The number of thiazole rings is 1. The van der Waals surface area contributed by atoms with Crippen LogP contribution in [0.25, 0.3) is 0 Å². The first-order chi connectivity index (χ1) is 9.84. The Bertz CT molecular complexity index is 756. The second kappa shape index (κ2) is 6.67. The van der Waals surface area contributed by atoms with Gasteiger partial charge in [0.25, 0.3) is 0 Å². The van der Waals surface area contributed by atoms with Crippen LogP contribution in [0.4, 0.5) is 5.13 Å². The number of halogens is 1. The monoisotopic (exact) mass is 388 g/mol. The molecule has 0 saturated heterocycles. The molecule has 112 valence electrons. The zero-order valence-electron chi connectivity index (χ0n) is 11.2. The first-order valence-corrected chi connectivity index (χ1v) is 9.50. The van der Waals surface area contributed by atoms with E-state index in [4.69, 9.17) is 0 Å². The standard InChI is InChI=1S/C13H13BrN2O3S2/c1-9-6-20-13(15-9)16-12(17)8-21(18,19)7-10-3-2-4-11(14)5-10/h2-6H,7-8H2,1H3,(H,15,16,17). The van der Waals surface area contributed by atoms with Gasteiger partial charge in [0.05, 0.1) is 11.4 Å². The Balaban J connectivity index is 1.98. The summed E-state index contributed by atoms with van der Waals surface area (Å²) in [6.45, 7) is 1.80. The fourth-order valence-corrected chi connectivity index (χ4v) is 4.11. The van der Waals surface area contributed by atoms with E-state index in [1.165, 1.54) is 11.3 Å². The second-order valence-electron chi connectivity index (χ2n) is 4.50. The van der Waals surface area contributed by atoms with Crippen molar-refractivity contribution in [2.24, 2.45) is 0 Å². The molecule has 1 aromatic heterocycles. The van der Waals surface area contributed by atoms with Crippen molar-refractivity contribution in [3.63, 3.8) is 0 Å². The van der Waals surface area contributed by atoms with Crippen LogP contribution in [0, 0.1) is 6.92 Å². The average Bonchev–Trinajstić information content (AvgIpc) is 2.72. The number of hydrogen-bond acceptors (Lipinski definition) is 5. The van der Waals surface area contributed by atoms with Crippen LogP contribution in [0.1, 0.15) is 11.3 Å². The first-order valence-electron chi connectivity index (χ1n) is 6.01. The molecular formula is C13H13BrN2O3S2. The number of carbonyl (C=O) groups is 1. The van der Waals surface area contributed by atoms with Crippen molar-refractivity contribution in [3.8, 4) is 0 Å². The summed E-state index contributed by atoms with van der Waals surface area (Å²) in [5.41, 5.74) is 1.43. The van der Waals surface area contributed by atoms with E-state index in [0.29, 0.717) is 10.7 Å². The predicted molar refractivity (Wildman–Crippen MR) is 87.1 cm³/mol. The van der Waals surface area contributed by atoms with Gasteiger partial charge in [-0.05, 0) is 24.6 Å². The van der Waals surface area contributed by atoms with Gasteiger partial charge in [-0.15, -0.1) is 11.3 Å². The maximum absolute atomic E-state index is 12.0. The number of sulfone groups is 1. The van der Waals surface area contributed by atoms with Gasteiger partial charge in [-0.2, -0.15) is 0 Å². The lowest BCUT2D eigenvalue weighted by atomic mass is 10.2. The molecule has 8 heteroatoms. The molecule has 0 unspecified atom stereocenters. The third kappa shape index (κ3) is 5.22. The van der Waals surface area contributed by atoms with Gasteiger partial charge in [0, 0.05) is 9.85 Å². The van der Waals surface area contributed by atoms with Crippen molar-refractivity contribution >= 4 is 48.1 Å². The van der Waals surface area contributed by atoms with Gasteiger partial charge >= 0.3 is 0 Å². The third-order valence-corrected chi connectivity index (χ3v) is 5.34. The minimum absolute atomic E-state index is 0.170. The maximum atomic E-state index is 12.0. The number of carbonyl (C=O) groups excluding carboxylic acids is 1. The summed E-state index contributed by atoms with van der Waals surface area (Å²) >= 11 is 4.55. The van der Waals surface area contributed by atoms with Gasteiger partial charge < -0.3 is 5.32 Å². The van der Waals surface area contributed by atoms with E-state index < -0.39 is 21.5 Å². The van der Waals surface area contributed by atoms with Crippen LogP contribution in [0.3, 0.4) is 0 Å². The number of nitrogens with one attached hydrogen (secondary N) is 1. The number of amides is 1. The number of hydrogen-bond donors (Lipinski definition) is 1. The van der Waals surface area contributed by atoms with Crippen LogP contribution in [-0.4, -0.2) is 25.1 Å². The molecule has 1 N–H and O–H groups in total. The molecule has 5 nitrogen and oxygen atoms in total. The van der Waals surface area contributed by atoms with E-state index >= 15 is 0 Å². The van der Waals surface area contributed by atoms with Crippen molar-refractivity contribution in [2.45, 2.75) is 12.7 Å². The lowest BCUT2D eigenvalue weighted by Gasteiger charge is -2.05. The quantitative estimate of drug-likeness (QED) is 0.853. The number of aromatic nitrogens is 1. The Morgan fingerprint density at radius 3 is 2.81 bits per heavy atom. The van der Waals surface area contributed by atoms with Crippen LogP contribution >= 0.6 is 27.3 Å². The SMILES string of the molecule is Cc1csc(NC(=O)CS(=O)(=O)Cc2cccc(Br)c2)n1. The Kier molecular flexibility index (Phi) is 5.13. The highest BCUT2D eigenvalue weighted by Crippen LogP contribution is 2.16. The van der Waals surface area contributed by atoms with E-state index in [2.05, 4.69) is 26.2 Å². The molecular weight excluding hydrogens is 376 g/mol. The Morgan fingerprint density at radius 1 is 1.43 bits per heavy atom. The van der Waals surface area contributed by atoms with Crippen molar-refractivity contribution in [2.75, 3.05) is 11.1 Å². The van der Waals surface area contributed by atoms with Crippen molar-refractivity contribution in [3.05, 3.63) is 45.4 Å². The summed E-state index contributed by atoms with van der Waals surface area (Å²) in [6, 6.07) is 7.00. The molecule has 0 spiro atoms. The molecule has 1 amide bonds. The van der Waals surface area contributed by atoms with Crippen molar-refractivity contribution in [1.29, 1.82) is 0 Å². The minimum Gasteiger partial charge on any atom is -0.301 e. The zero-order chi connectivity index (χ0) is 15.5. The van der Waals surface area contributed by atoms with Gasteiger partial charge in [-0.25, -0.2) is 13.4 Å². The molecule has 0 aliphatic rings. The molecule has 2 aromatic rings. The summed E-state index contributed by atoms with van der Waals surface area (Å²) < 4.78 is 24.9. The van der Waals surface area contributed by atoms with Gasteiger partial charge in [0.15, 0.2) is 15.0 Å². The Hall–Kier alpha value is -1.25. The fourth-order valence-electron chi connectivity index (χ4n) is 1.70. The van der Waals surface area contributed by atoms with Gasteiger partial charge in [0.1, 0.15) is 5.75 Å². The highest BCUT2D eigenvalue weighted by molar-refractivity contribution is 9.10. The molecule has 0 radical (unpaired) electrons. The number of anilines is 1. The average molecular weight is 389 g/mol. The lowest BCUT2D eigenvalue weighted by molar-refractivity contribution is -0.113. The van der Waals surface area contributed by atoms with Crippen LogP contribution in [0.2, 0.25) is 0 Å². The third-order valence-electron chi connectivity index (χ3n) is 2.49. The number of aryl methyl sites for hydroxylation is 1. The molecule has 1 aromatic carbocycles. The fraction of sp³-hybridized carbons (Fsp3) is 0.231. The topological polar surface area (TPSA) is 76.1 Å². The van der Waals surface area contributed by atoms with Crippen molar-refractivity contribution in [1.82, 2.24) is 4.98 Å². The molecule has 0 aliphatic heterocycles. The molecule has 1 heterocycles. The van der Waals surface area contributed by atoms with Gasteiger partial charge in [0.2, 0.25) is 5.91 Å². The van der Waals surface area contributed by atoms with E-state index in [1.807, 2.05) is 6.07 Å². The van der Waals surface area contributed by atoms with E-state index in [-0.39, 0.29) is 5.75 Å². The lowest BCUT2D eigenvalue weighted by Crippen LogP contribution is -2.23. The summed E-state index contributed by atoms with van der Waals surface area (Å²) in [7, 11) is -3.52. The summed E-state index contributed by atoms with van der Waals surface area (Å²) in [4.78, 5) is 15.8. The highest BCUT2D eigenvalue weighted by atomic mass is 79.9. The Labute approximate surface area is 135 Å². The van der Waals surface area contributed by atoms with Crippen molar-refractivity contribution < 1.29 is 13.2 Å². The molecule has 0 atom stereocenters. The first kappa shape index (κ1) is 16.1. The van der Waals surface area contributed by atoms with E-state index in [9.17, 15) is 13.2 Å². The van der Waals surface area contributed by atoms with Crippen LogP contribution in [-0.2, 0) is 20.4 Å². The molecule has 2 rings (SSSR count). The van der Waals surface area contributed by atoms with E-state index in [1.54, 1.807) is 30.5 Å².